The van der Waals surface area contributed by atoms with Gasteiger partial charge < -0.3 is 10.6 Å². The van der Waals surface area contributed by atoms with Crippen LogP contribution in [-0.2, 0) is 0 Å². The first-order chi connectivity index (χ1) is 8.08. The van der Waals surface area contributed by atoms with Gasteiger partial charge in [0.15, 0.2) is 0 Å². The largest absolute Gasteiger partial charge is 0.371 e. The summed E-state index contributed by atoms with van der Waals surface area (Å²) in [5.74, 6) is 0.764. The second kappa shape index (κ2) is 5.28. The summed E-state index contributed by atoms with van der Waals surface area (Å²) in [4.78, 5) is 2.45. The Labute approximate surface area is 109 Å². The Hall–Kier alpha value is -0.730. The molecule has 0 saturated carbocycles. The fraction of sp³-hybridized carbons (Fsp3) is 0.571. The van der Waals surface area contributed by atoms with Crippen molar-refractivity contribution in [2.75, 3.05) is 18.0 Å². The van der Waals surface area contributed by atoms with E-state index in [2.05, 4.69) is 17.9 Å². The molecule has 0 spiro atoms. The topological polar surface area (TPSA) is 29.3 Å². The van der Waals surface area contributed by atoms with Crippen molar-refractivity contribution < 1.29 is 0 Å². The molecule has 2 N–H and O–H groups in total. The van der Waals surface area contributed by atoms with Gasteiger partial charge in [0.25, 0.3) is 0 Å². The van der Waals surface area contributed by atoms with Crippen LogP contribution in [0.4, 0.5) is 5.69 Å². The quantitative estimate of drug-likeness (QED) is 0.872. The van der Waals surface area contributed by atoms with Crippen molar-refractivity contribution in [2.45, 2.75) is 32.7 Å². The fourth-order valence-electron chi connectivity index (χ4n) is 2.59. The molecule has 0 aliphatic carbocycles. The van der Waals surface area contributed by atoms with Gasteiger partial charge in [0.1, 0.15) is 0 Å². The van der Waals surface area contributed by atoms with E-state index in [4.69, 9.17) is 17.3 Å². The van der Waals surface area contributed by atoms with Crippen LogP contribution in [0.25, 0.3) is 0 Å². The molecule has 2 atom stereocenters. The van der Waals surface area contributed by atoms with Crippen LogP contribution >= 0.6 is 11.6 Å². The summed E-state index contributed by atoms with van der Waals surface area (Å²) >= 11 is 6.05. The van der Waals surface area contributed by atoms with Gasteiger partial charge in [-0.25, -0.2) is 0 Å². The van der Waals surface area contributed by atoms with Gasteiger partial charge in [-0.05, 0) is 49.4 Å². The zero-order chi connectivity index (χ0) is 12.4. The normalized spacial score (nSPS) is 22.6. The monoisotopic (exact) mass is 252 g/mol. The number of anilines is 1. The van der Waals surface area contributed by atoms with E-state index in [1.165, 1.54) is 18.5 Å². The highest BCUT2D eigenvalue weighted by Crippen LogP contribution is 2.31. The van der Waals surface area contributed by atoms with Crippen molar-refractivity contribution >= 4 is 17.3 Å². The highest BCUT2D eigenvalue weighted by molar-refractivity contribution is 6.30. The van der Waals surface area contributed by atoms with Crippen molar-refractivity contribution in [3.05, 3.63) is 28.8 Å². The molecule has 1 aromatic carbocycles. The predicted molar refractivity (Wildman–Crippen MR) is 74.7 cm³/mol. The van der Waals surface area contributed by atoms with Crippen molar-refractivity contribution in [1.82, 2.24) is 0 Å². The van der Waals surface area contributed by atoms with Crippen molar-refractivity contribution in [2.24, 2.45) is 11.7 Å². The lowest BCUT2D eigenvalue weighted by molar-refractivity contribution is 0.446. The van der Waals surface area contributed by atoms with E-state index in [0.717, 1.165) is 29.6 Å². The number of piperidine rings is 1. The lowest BCUT2D eigenvalue weighted by Crippen LogP contribution is -2.35. The minimum atomic E-state index is 0.0286. The first kappa shape index (κ1) is 12.7. The third kappa shape index (κ3) is 2.93. The van der Waals surface area contributed by atoms with E-state index in [1.54, 1.807) is 0 Å². The van der Waals surface area contributed by atoms with Crippen LogP contribution in [0, 0.1) is 5.92 Å². The zero-order valence-corrected chi connectivity index (χ0v) is 11.4. The van der Waals surface area contributed by atoms with E-state index >= 15 is 0 Å². The number of rotatable bonds is 2. The number of hydrogen-bond acceptors (Lipinski definition) is 2. The van der Waals surface area contributed by atoms with E-state index in [9.17, 15) is 0 Å². The Balaban J connectivity index is 2.30. The third-order valence-electron chi connectivity index (χ3n) is 3.48. The van der Waals surface area contributed by atoms with Crippen LogP contribution in [0.2, 0.25) is 5.02 Å². The van der Waals surface area contributed by atoms with Gasteiger partial charge in [0, 0.05) is 29.8 Å². The smallest absolute Gasteiger partial charge is 0.0415 e. The van der Waals surface area contributed by atoms with E-state index < -0.39 is 0 Å². The third-order valence-corrected chi connectivity index (χ3v) is 3.71. The molecule has 1 heterocycles. The van der Waals surface area contributed by atoms with Crippen LogP contribution in [-0.4, -0.2) is 13.1 Å². The Bertz CT molecular complexity index is 390. The second-order valence-electron chi connectivity index (χ2n) is 5.19. The van der Waals surface area contributed by atoms with Gasteiger partial charge >= 0.3 is 0 Å². The zero-order valence-electron chi connectivity index (χ0n) is 10.6. The lowest BCUT2D eigenvalue weighted by atomic mass is 9.97. The maximum Gasteiger partial charge on any atom is 0.0415 e. The van der Waals surface area contributed by atoms with Gasteiger partial charge in [-0.15, -0.1) is 0 Å². The fourth-order valence-corrected chi connectivity index (χ4v) is 2.77. The molecule has 0 amide bonds. The van der Waals surface area contributed by atoms with Crippen molar-refractivity contribution in [1.29, 1.82) is 0 Å². The average Bonchev–Trinajstić information content (AvgIpc) is 2.28. The van der Waals surface area contributed by atoms with Crippen LogP contribution in [0.1, 0.15) is 38.3 Å². The molecule has 1 fully saturated rings. The van der Waals surface area contributed by atoms with Crippen LogP contribution in [0.5, 0.6) is 0 Å². The molecule has 17 heavy (non-hydrogen) atoms. The molecule has 0 aromatic heterocycles. The number of halogens is 1. The second-order valence-corrected chi connectivity index (χ2v) is 5.62. The molecule has 0 radical (unpaired) electrons. The Morgan fingerprint density at radius 1 is 1.47 bits per heavy atom. The van der Waals surface area contributed by atoms with E-state index in [1.807, 2.05) is 19.1 Å². The SMILES string of the molecule is C[C@@H]1CCCN(c2ccc(Cl)cc2[C@H](C)N)C1. The molecule has 3 heteroatoms. The Morgan fingerprint density at radius 3 is 2.88 bits per heavy atom. The molecule has 2 nitrogen and oxygen atoms in total. The first-order valence-corrected chi connectivity index (χ1v) is 6.75. The summed E-state index contributed by atoms with van der Waals surface area (Å²) in [5, 5.41) is 0.770. The number of nitrogens with zero attached hydrogens (tertiary/aromatic N) is 1. The van der Waals surface area contributed by atoms with Crippen LogP contribution in [0.3, 0.4) is 0 Å². The first-order valence-electron chi connectivity index (χ1n) is 6.38. The summed E-state index contributed by atoms with van der Waals surface area (Å²) in [6.07, 6.45) is 2.60. The molecule has 94 valence electrons. The lowest BCUT2D eigenvalue weighted by Gasteiger charge is -2.34. The molecule has 2 rings (SSSR count). The summed E-state index contributed by atoms with van der Waals surface area (Å²) < 4.78 is 0. The predicted octanol–water partition coefficient (Wildman–Crippen LogP) is 3.60. The molecule has 1 aliphatic heterocycles. The minimum Gasteiger partial charge on any atom is -0.371 e. The molecule has 1 aromatic rings. The number of hydrogen-bond donors (Lipinski definition) is 1. The standard InChI is InChI=1S/C14H21ClN2/c1-10-4-3-7-17(9-10)14-6-5-12(15)8-13(14)11(2)16/h5-6,8,10-11H,3-4,7,9,16H2,1-2H3/t10-,11+/m1/s1. The maximum absolute atomic E-state index is 6.05. The summed E-state index contributed by atoms with van der Waals surface area (Å²) in [5.41, 5.74) is 8.46. The van der Waals surface area contributed by atoms with Gasteiger partial charge in [-0.1, -0.05) is 18.5 Å². The van der Waals surface area contributed by atoms with Crippen LogP contribution in [0.15, 0.2) is 18.2 Å². The highest BCUT2D eigenvalue weighted by Gasteiger charge is 2.20. The molecular formula is C14H21ClN2. The average molecular weight is 253 g/mol. The van der Waals surface area contributed by atoms with Gasteiger partial charge in [0.2, 0.25) is 0 Å². The molecule has 0 unspecified atom stereocenters. The molecule has 1 saturated heterocycles. The summed E-state index contributed by atoms with van der Waals surface area (Å²) in [6, 6.07) is 6.10. The molecule has 1 aliphatic rings. The van der Waals surface area contributed by atoms with Crippen molar-refractivity contribution in [3.63, 3.8) is 0 Å². The highest BCUT2D eigenvalue weighted by atomic mass is 35.5. The maximum atomic E-state index is 6.05. The van der Waals surface area contributed by atoms with E-state index in [0.29, 0.717) is 0 Å². The van der Waals surface area contributed by atoms with Crippen molar-refractivity contribution in [3.8, 4) is 0 Å². The number of nitrogens with two attached hydrogens (primary N) is 1. The minimum absolute atomic E-state index is 0.0286. The van der Waals surface area contributed by atoms with Gasteiger partial charge in [0.05, 0.1) is 0 Å². The van der Waals surface area contributed by atoms with Gasteiger partial charge in [-0.2, -0.15) is 0 Å². The molecule has 0 bridgehead atoms. The number of benzene rings is 1. The molecular weight excluding hydrogens is 232 g/mol. The van der Waals surface area contributed by atoms with Gasteiger partial charge in [-0.3, -0.25) is 0 Å². The Morgan fingerprint density at radius 2 is 2.24 bits per heavy atom. The summed E-state index contributed by atoms with van der Waals surface area (Å²) in [6.45, 7) is 6.59. The van der Waals surface area contributed by atoms with E-state index in [-0.39, 0.29) is 6.04 Å². The Kier molecular flexibility index (Phi) is 3.95. The van der Waals surface area contributed by atoms with Crippen LogP contribution < -0.4 is 10.6 Å². The summed E-state index contributed by atoms with van der Waals surface area (Å²) in [7, 11) is 0.